The highest BCUT2D eigenvalue weighted by Gasteiger charge is 2.31. The molecule has 4 rings (SSSR count). The highest BCUT2D eigenvalue weighted by atomic mass is 32.1. The maximum Gasteiger partial charge on any atom is 0.280 e. The summed E-state index contributed by atoms with van der Waals surface area (Å²) >= 11 is 1.41. The van der Waals surface area contributed by atoms with Crippen LogP contribution in [0.2, 0.25) is 0 Å². The summed E-state index contributed by atoms with van der Waals surface area (Å²) in [6.45, 7) is 10.3. The van der Waals surface area contributed by atoms with Crippen LogP contribution in [0, 0.1) is 5.92 Å². The van der Waals surface area contributed by atoms with Gasteiger partial charge in [0.1, 0.15) is 0 Å². The van der Waals surface area contributed by atoms with Crippen LogP contribution < -0.4 is 10.2 Å². The number of rotatable bonds is 8. The molecule has 0 spiro atoms. The van der Waals surface area contributed by atoms with Crippen LogP contribution in [-0.4, -0.2) is 54.6 Å². The molecular formula is C24H34N4OS. The van der Waals surface area contributed by atoms with E-state index in [0.717, 1.165) is 57.8 Å². The molecule has 5 nitrogen and oxygen atoms in total. The zero-order chi connectivity index (χ0) is 20.9. The zero-order valence-electron chi connectivity index (χ0n) is 18.3. The van der Waals surface area contributed by atoms with Gasteiger partial charge in [0, 0.05) is 49.5 Å². The van der Waals surface area contributed by atoms with Crippen molar-refractivity contribution in [3.05, 3.63) is 45.9 Å². The molecule has 1 amide bonds. The Morgan fingerprint density at radius 2 is 1.97 bits per heavy atom. The summed E-state index contributed by atoms with van der Waals surface area (Å²) in [6.07, 6.45) is 7.38. The molecule has 1 aromatic heterocycles. The normalized spacial score (nSPS) is 22.0. The van der Waals surface area contributed by atoms with E-state index in [0.29, 0.717) is 11.0 Å². The SMILES string of the molecule is CCc1cccc(N2CCN(CCC3CC(NC(=O)c4nccs4)C3)CC2)c1CC. The number of aryl methyl sites for hydroxylation is 1. The molecule has 162 valence electrons. The van der Waals surface area contributed by atoms with E-state index in [-0.39, 0.29) is 5.91 Å². The first-order valence-electron chi connectivity index (χ1n) is 11.5. The Morgan fingerprint density at radius 1 is 1.17 bits per heavy atom. The van der Waals surface area contributed by atoms with Crippen molar-refractivity contribution in [3.8, 4) is 0 Å². The Morgan fingerprint density at radius 3 is 2.63 bits per heavy atom. The number of carbonyl (C=O) groups excluding carboxylic acids is 1. The second kappa shape index (κ2) is 9.92. The van der Waals surface area contributed by atoms with Gasteiger partial charge >= 0.3 is 0 Å². The molecule has 1 aliphatic carbocycles. The fourth-order valence-electron chi connectivity index (χ4n) is 4.91. The van der Waals surface area contributed by atoms with E-state index in [1.807, 2.05) is 5.38 Å². The minimum absolute atomic E-state index is 0.0110. The Hall–Kier alpha value is -1.92. The van der Waals surface area contributed by atoms with Crippen LogP contribution in [0.1, 0.15) is 54.0 Å². The molecule has 0 unspecified atom stereocenters. The topological polar surface area (TPSA) is 48.5 Å². The molecule has 0 radical (unpaired) electrons. The van der Waals surface area contributed by atoms with Crippen molar-refractivity contribution >= 4 is 22.9 Å². The fourth-order valence-corrected chi connectivity index (χ4v) is 5.44. The molecule has 1 aliphatic heterocycles. The fraction of sp³-hybridized carbons (Fsp3) is 0.583. The minimum atomic E-state index is -0.0110. The summed E-state index contributed by atoms with van der Waals surface area (Å²) < 4.78 is 0. The van der Waals surface area contributed by atoms with E-state index in [9.17, 15) is 4.79 Å². The lowest BCUT2D eigenvalue weighted by Crippen LogP contribution is -2.48. The lowest BCUT2D eigenvalue weighted by molar-refractivity contribution is 0.0877. The van der Waals surface area contributed by atoms with Gasteiger partial charge < -0.3 is 10.2 Å². The predicted octanol–water partition coefficient (Wildman–Crippen LogP) is 3.99. The third-order valence-corrected chi connectivity index (χ3v) is 7.52. The molecule has 1 saturated heterocycles. The van der Waals surface area contributed by atoms with Gasteiger partial charge in [0.15, 0.2) is 5.01 Å². The smallest absolute Gasteiger partial charge is 0.280 e. The molecule has 6 heteroatoms. The average molecular weight is 427 g/mol. The number of carbonyl (C=O) groups is 1. The van der Waals surface area contributed by atoms with E-state index < -0.39 is 0 Å². The van der Waals surface area contributed by atoms with Gasteiger partial charge in [-0.2, -0.15) is 0 Å². The van der Waals surface area contributed by atoms with Crippen molar-refractivity contribution < 1.29 is 4.79 Å². The molecule has 0 atom stereocenters. The molecule has 2 heterocycles. The number of aromatic nitrogens is 1. The zero-order valence-corrected chi connectivity index (χ0v) is 19.1. The maximum absolute atomic E-state index is 12.1. The van der Waals surface area contributed by atoms with E-state index in [1.165, 1.54) is 41.1 Å². The van der Waals surface area contributed by atoms with Crippen LogP contribution in [0.3, 0.4) is 0 Å². The second-order valence-electron chi connectivity index (χ2n) is 8.58. The molecule has 30 heavy (non-hydrogen) atoms. The number of amides is 1. The predicted molar refractivity (Wildman–Crippen MR) is 125 cm³/mol. The first kappa shape index (κ1) is 21.3. The van der Waals surface area contributed by atoms with Gasteiger partial charge in [0.2, 0.25) is 0 Å². The highest BCUT2D eigenvalue weighted by Crippen LogP contribution is 2.31. The van der Waals surface area contributed by atoms with Gasteiger partial charge in [-0.25, -0.2) is 4.98 Å². The van der Waals surface area contributed by atoms with Crippen molar-refractivity contribution in [1.82, 2.24) is 15.2 Å². The largest absolute Gasteiger partial charge is 0.369 e. The summed E-state index contributed by atoms with van der Waals surface area (Å²) in [5, 5.41) is 5.54. The van der Waals surface area contributed by atoms with Crippen LogP contribution in [0.25, 0.3) is 0 Å². The Bertz CT molecular complexity index is 824. The number of nitrogens with one attached hydrogen (secondary N) is 1. The van der Waals surface area contributed by atoms with Crippen molar-refractivity contribution in [2.24, 2.45) is 5.92 Å². The number of nitrogens with zero attached hydrogens (tertiary/aromatic N) is 3. The number of anilines is 1. The average Bonchev–Trinajstić information content (AvgIpc) is 3.30. The third-order valence-electron chi connectivity index (χ3n) is 6.75. The first-order chi connectivity index (χ1) is 14.7. The molecule has 1 N–H and O–H groups in total. The van der Waals surface area contributed by atoms with Crippen molar-refractivity contribution in [3.63, 3.8) is 0 Å². The number of hydrogen-bond donors (Lipinski definition) is 1. The number of benzene rings is 1. The van der Waals surface area contributed by atoms with E-state index >= 15 is 0 Å². The summed E-state index contributed by atoms with van der Waals surface area (Å²) in [7, 11) is 0. The molecule has 2 aromatic rings. The maximum atomic E-state index is 12.1. The Kier molecular flexibility index (Phi) is 7.05. The number of thiazole rings is 1. The molecule has 1 saturated carbocycles. The minimum Gasteiger partial charge on any atom is -0.369 e. The monoisotopic (exact) mass is 426 g/mol. The van der Waals surface area contributed by atoms with Gasteiger partial charge in [-0.05, 0) is 61.8 Å². The van der Waals surface area contributed by atoms with Crippen molar-refractivity contribution in [1.29, 1.82) is 0 Å². The number of hydrogen-bond acceptors (Lipinski definition) is 5. The van der Waals surface area contributed by atoms with Crippen LogP contribution in [0.5, 0.6) is 0 Å². The lowest BCUT2D eigenvalue weighted by Gasteiger charge is -2.40. The summed E-state index contributed by atoms with van der Waals surface area (Å²) in [4.78, 5) is 21.4. The van der Waals surface area contributed by atoms with Gasteiger partial charge in [0.05, 0.1) is 0 Å². The van der Waals surface area contributed by atoms with E-state index in [4.69, 9.17) is 0 Å². The Labute approximate surface area is 184 Å². The molecule has 0 bridgehead atoms. The van der Waals surface area contributed by atoms with Crippen LogP contribution in [-0.2, 0) is 12.8 Å². The molecule has 2 fully saturated rings. The van der Waals surface area contributed by atoms with E-state index in [2.05, 4.69) is 52.1 Å². The standard InChI is InChI=1S/C24H34N4OS/c1-3-19-6-5-7-22(21(19)4-2)28-13-11-27(12-14-28)10-8-18-16-20(17-18)26-23(29)24-25-9-15-30-24/h5-7,9,15,18,20H,3-4,8,10-14,16-17H2,1-2H3,(H,26,29). The quantitative estimate of drug-likeness (QED) is 0.693. The summed E-state index contributed by atoms with van der Waals surface area (Å²) in [5.41, 5.74) is 4.49. The molecule has 1 aromatic carbocycles. The van der Waals surface area contributed by atoms with Crippen molar-refractivity contribution in [2.45, 2.75) is 52.0 Å². The van der Waals surface area contributed by atoms with Crippen molar-refractivity contribution in [2.75, 3.05) is 37.6 Å². The van der Waals surface area contributed by atoms with Crippen LogP contribution in [0.15, 0.2) is 29.8 Å². The van der Waals surface area contributed by atoms with E-state index in [1.54, 1.807) is 6.20 Å². The third kappa shape index (κ3) is 4.86. The number of piperazine rings is 1. The Balaban J connectivity index is 1.17. The van der Waals surface area contributed by atoms with Gasteiger partial charge in [0.25, 0.3) is 5.91 Å². The highest BCUT2D eigenvalue weighted by molar-refractivity contribution is 7.11. The van der Waals surface area contributed by atoms with Gasteiger partial charge in [-0.15, -0.1) is 11.3 Å². The molecule has 2 aliphatic rings. The van der Waals surface area contributed by atoms with Gasteiger partial charge in [-0.1, -0.05) is 26.0 Å². The van der Waals surface area contributed by atoms with Crippen LogP contribution in [0.4, 0.5) is 5.69 Å². The second-order valence-corrected chi connectivity index (χ2v) is 9.48. The summed E-state index contributed by atoms with van der Waals surface area (Å²) in [5.74, 6) is 0.737. The first-order valence-corrected chi connectivity index (χ1v) is 12.3. The van der Waals surface area contributed by atoms with Gasteiger partial charge in [-0.3, -0.25) is 9.69 Å². The molecular weight excluding hydrogens is 392 g/mol. The lowest BCUT2D eigenvalue weighted by atomic mass is 9.78. The van der Waals surface area contributed by atoms with Crippen LogP contribution >= 0.6 is 11.3 Å². The summed E-state index contributed by atoms with van der Waals surface area (Å²) in [6, 6.07) is 7.15.